The number of phenols is 2. The molecule has 5 rings (SSSR count). The number of aromatic hydroxyl groups is 2. The highest BCUT2D eigenvalue weighted by Gasteiger charge is 2.09. The van der Waals surface area contributed by atoms with E-state index in [1.807, 2.05) is 30.3 Å². The van der Waals surface area contributed by atoms with Crippen molar-refractivity contribution in [3.63, 3.8) is 0 Å². The third kappa shape index (κ3) is 1.83. The van der Waals surface area contributed by atoms with Gasteiger partial charge < -0.3 is 29.0 Å². The summed E-state index contributed by atoms with van der Waals surface area (Å²) in [5.74, 6) is -0.439. The number of benzene rings is 3. The molecule has 0 saturated heterocycles. The van der Waals surface area contributed by atoms with Gasteiger partial charge in [-0.25, -0.2) is 0 Å². The summed E-state index contributed by atoms with van der Waals surface area (Å²) in [6, 6.07) is 14.1. The van der Waals surface area contributed by atoms with Gasteiger partial charge in [0.2, 0.25) is 0 Å². The van der Waals surface area contributed by atoms with Gasteiger partial charge in [-0.1, -0.05) is 12.1 Å². The molecule has 3 aromatic carbocycles. The average molecular weight is 320 g/mol. The summed E-state index contributed by atoms with van der Waals surface area (Å²) in [5, 5.41) is 19.3. The van der Waals surface area contributed by atoms with Gasteiger partial charge in [0.25, 0.3) is 0 Å². The smallest absolute Gasteiger partial charge is 0.161 e. The third-order valence-electron chi connectivity index (χ3n) is 4.02. The van der Waals surface area contributed by atoms with E-state index in [1.165, 1.54) is 12.1 Å². The van der Waals surface area contributed by atoms with E-state index in [0.717, 1.165) is 22.1 Å². The summed E-state index contributed by atoms with van der Waals surface area (Å²) >= 11 is 0. The maximum atomic E-state index is 9.65. The van der Waals surface area contributed by atoms with Crippen LogP contribution in [0.3, 0.4) is 0 Å². The van der Waals surface area contributed by atoms with Crippen molar-refractivity contribution in [3.8, 4) is 11.5 Å². The number of aromatic amines is 2. The van der Waals surface area contributed by atoms with Crippen LogP contribution in [0.5, 0.6) is 11.5 Å². The number of rotatable bonds is 0. The summed E-state index contributed by atoms with van der Waals surface area (Å²) in [6.07, 6.45) is 0. The number of para-hydroxylation sites is 2. The lowest BCUT2D eigenvalue weighted by molar-refractivity contribution is 0.404. The minimum absolute atomic E-state index is 0.207. The van der Waals surface area contributed by atoms with Crippen LogP contribution in [-0.4, -0.2) is 20.2 Å². The van der Waals surface area contributed by atoms with Gasteiger partial charge in [0.1, 0.15) is 0 Å². The standard InChI is InChI=1S/C18H12N2O4/c21-13-6-12-16(7-14(13)22)24-18-8-17-10(5-11(18)20-12)19-9-3-1-2-4-15(9)23-17/h1-8,19-22H. The van der Waals surface area contributed by atoms with E-state index in [4.69, 9.17) is 8.83 Å². The van der Waals surface area contributed by atoms with Gasteiger partial charge in [0, 0.05) is 18.2 Å². The Hall–Kier alpha value is -3.54. The summed E-state index contributed by atoms with van der Waals surface area (Å²) in [4.78, 5) is 6.52. The van der Waals surface area contributed by atoms with Gasteiger partial charge in [-0.2, -0.15) is 0 Å². The Morgan fingerprint density at radius 1 is 0.583 bits per heavy atom. The largest absolute Gasteiger partial charge is 0.504 e. The van der Waals surface area contributed by atoms with Crippen molar-refractivity contribution in [1.82, 2.24) is 9.97 Å². The first-order valence-corrected chi connectivity index (χ1v) is 7.40. The second kappa shape index (κ2) is 4.48. The maximum absolute atomic E-state index is 9.65. The van der Waals surface area contributed by atoms with E-state index in [1.54, 1.807) is 6.07 Å². The number of fused-ring (bicyclic) bond motifs is 4. The maximum Gasteiger partial charge on any atom is 0.161 e. The Balaban J connectivity index is 1.89. The Labute approximate surface area is 134 Å². The summed E-state index contributed by atoms with van der Waals surface area (Å²) < 4.78 is 11.7. The zero-order chi connectivity index (χ0) is 16.3. The van der Waals surface area contributed by atoms with Crippen molar-refractivity contribution in [3.05, 3.63) is 48.5 Å². The van der Waals surface area contributed by atoms with E-state index >= 15 is 0 Å². The highest BCUT2D eigenvalue weighted by atomic mass is 16.3. The van der Waals surface area contributed by atoms with Gasteiger partial charge in [0.15, 0.2) is 33.8 Å². The molecule has 118 valence electrons. The minimum atomic E-state index is -0.233. The van der Waals surface area contributed by atoms with Crippen LogP contribution in [0.15, 0.2) is 57.4 Å². The number of aromatic nitrogens is 2. The molecule has 0 aliphatic carbocycles. The molecular formula is C18H12N2O4. The van der Waals surface area contributed by atoms with Crippen molar-refractivity contribution < 1.29 is 19.0 Å². The SMILES string of the molecule is Oc1cc2[nH]c3cc4[nH]c5ccccc5oc4cc3oc2cc1O. The first kappa shape index (κ1) is 13.0. The molecule has 0 atom stereocenters. The average Bonchev–Trinajstić information content (AvgIpc) is 2.58. The molecule has 0 spiro atoms. The van der Waals surface area contributed by atoms with Crippen molar-refractivity contribution in [2.45, 2.75) is 0 Å². The third-order valence-corrected chi connectivity index (χ3v) is 4.02. The molecule has 2 aromatic heterocycles. The highest BCUT2D eigenvalue weighted by Crippen LogP contribution is 2.32. The van der Waals surface area contributed by atoms with Crippen LogP contribution in [-0.2, 0) is 0 Å². The van der Waals surface area contributed by atoms with E-state index in [0.29, 0.717) is 22.3 Å². The summed E-state index contributed by atoms with van der Waals surface area (Å²) in [7, 11) is 0. The van der Waals surface area contributed by atoms with Crippen LogP contribution in [0.4, 0.5) is 0 Å². The van der Waals surface area contributed by atoms with Crippen LogP contribution < -0.4 is 0 Å². The minimum Gasteiger partial charge on any atom is -0.504 e. The lowest BCUT2D eigenvalue weighted by Gasteiger charge is -2.07. The molecular weight excluding hydrogens is 308 g/mol. The van der Waals surface area contributed by atoms with Crippen LogP contribution in [0, 0.1) is 0 Å². The molecule has 0 aliphatic rings. The van der Waals surface area contributed by atoms with Crippen molar-refractivity contribution in [2.75, 3.05) is 0 Å². The Morgan fingerprint density at radius 3 is 2.00 bits per heavy atom. The van der Waals surface area contributed by atoms with Crippen molar-refractivity contribution in [1.29, 1.82) is 0 Å². The molecule has 2 heterocycles. The van der Waals surface area contributed by atoms with Gasteiger partial charge in [-0.3, -0.25) is 0 Å². The van der Waals surface area contributed by atoms with Crippen LogP contribution in [0.2, 0.25) is 0 Å². The Bertz CT molecular complexity index is 1190. The van der Waals surface area contributed by atoms with E-state index in [9.17, 15) is 10.2 Å². The molecule has 6 heteroatoms. The topological polar surface area (TPSA) is 98.3 Å². The van der Waals surface area contributed by atoms with Crippen molar-refractivity contribution >= 4 is 44.4 Å². The molecule has 24 heavy (non-hydrogen) atoms. The molecule has 0 saturated carbocycles. The number of H-pyrrole nitrogens is 2. The first-order chi connectivity index (χ1) is 11.7. The number of hydrogen-bond acceptors (Lipinski definition) is 4. The van der Waals surface area contributed by atoms with Crippen LogP contribution >= 0.6 is 0 Å². The molecule has 0 aliphatic heterocycles. The van der Waals surface area contributed by atoms with Gasteiger partial charge in [-0.05, 0) is 18.2 Å². The molecule has 0 unspecified atom stereocenters. The molecule has 0 radical (unpaired) electrons. The number of phenolic OH excluding ortho intramolecular Hbond substituents is 2. The second-order valence-electron chi connectivity index (χ2n) is 5.63. The zero-order valence-corrected chi connectivity index (χ0v) is 12.3. The summed E-state index contributed by atoms with van der Waals surface area (Å²) in [6.45, 7) is 0. The molecule has 6 nitrogen and oxygen atoms in total. The van der Waals surface area contributed by atoms with Gasteiger partial charge in [-0.15, -0.1) is 0 Å². The molecule has 4 N–H and O–H groups in total. The number of hydrogen-bond donors (Lipinski definition) is 4. The molecule has 0 amide bonds. The lowest BCUT2D eigenvalue weighted by atomic mass is 10.2. The van der Waals surface area contributed by atoms with E-state index in [2.05, 4.69) is 9.97 Å². The number of nitrogens with one attached hydrogen (secondary N) is 2. The predicted octanol–water partition coefficient (Wildman–Crippen LogP) is 4.68. The Morgan fingerprint density at radius 2 is 1.17 bits per heavy atom. The van der Waals surface area contributed by atoms with Crippen LogP contribution in [0.25, 0.3) is 44.4 Å². The lowest BCUT2D eigenvalue weighted by Crippen LogP contribution is -1.87. The fraction of sp³-hybridized carbons (Fsp3) is 0. The second-order valence-corrected chi connectivity index (χ2v) is 5.63. The van der Waals surface area contributed by atoms with E-state index in [-0.39, 0.29) is 11.5 Å². The fourth-order valence-electron chi connectivity index (χ4n) is 2.85. The molecule has 0 bridgehead atoms. The van der Waals surface area contributed by atoms with Crippen LogP contribution in [0.1, 0.15) is 0 Å². The monoisotopic (exact) mass is 320 g/mol. The summed E-state index contributed by atoms with van der Waals surface area (Å²) in [5.41, 5.74) is 5.43. The molecule has 0 fully saturated rings. The highest BCUT2D eigenvalue weighted by molar-refractivity contribution is 5.94. The zero-order valence-electron chi connectivity index (χ0n) is 12.3. The van der Waals surface area contributed by atoms with Gasteiger partial charge >= 0.3 is 0 Å². The molecule has 5 aromatic rings. The predicted molar refractivity (Wildman–Crippen MR) is 90.7 cm³/mol. The van der Waals surface area contributed by atoms with Crippen molar-refractivity contribution in [2.24, 2.45) is 0 Å². The van der Waals surface area contributed by atoms with Gasteiger partial charge in [0.05, 0.1) is 22.1 Å². The normalized spacial score (nSPS) is 11.7. The Kier molecular flexibility index (Phi) is 2.42. The fourth-order valence-corrected chi connectivity index (χ4v) is 2.85. The quantitative estimate of drug-likeness (QED) is 0.246. The first-order valence-electron chi connectivity index (χ1n) is 7.40. The van der Waals surface area contributed by atoms with E-state index < -0.39 is 0 Å².